The van der Waals surface area contributed by atoms with Gasteiger partial charge >= 0.3 is 0 Å². The van der Waals surface area contributed by atoms with Crippen molar-refractivity contribution in [2.45, 2.75) is 32.1 Å². The Kier molecular flexibility index (Phi) is 3.76. The lowest BCUT2D eigenvalue weighted by Gasteiger charge is -2.20. The van der Waals surface area contributed by atoms with Crippen molar-refractivity contribution in [2.75, 3.05) is 20.1 Å². The second-order valence-electron chi connectivity index (χ2n) is 6.49. The van der Waals surface area contributed by atoms with Crippen molar-refractivity contribution >= 4 is 0 Å². The minimum Gasteiger partial charge on any atom is -0.339 e. The molecular formula is C16H22N4O. The number of pyridine rings is 1. The molecule has 1 saturated heterocycles. The van der Waals surface area contributed by atoms with E-state index in [1.165, 1.54) is 6.42 Å². The zero-order valence-electron chi connectivity index (χ0n) is 12.9. The molecule has 1 fully saturated rings. The van der Waals surface area contributed by atoms with Gasteiger partial charge in [0.2, 0.25) is 5.89 Å². The summed E-state index contributed by atoms with van der Waals surface area (Å²) in [4.78, 5) is 11.0. The lowest BCUT2D eigenvalue weighted by Crippen LogP contribution is -2.21. The first-order chi connectivity index (χ1) is 10.1. The van der Waals surface area contributed by atoms with Crippen LogP contribution in [0.15, 0.2) is 29.0 Å². The van der Waals surface area contributed by atoms with E-state index in [1.54, 1.807) is 12.4 Å². The molecule has 0 aliphatic carbocycles. The molecule has 1 unspecified atom stereocenters. The highest BCUT2D eigenvalue weighted by Crippen LogP contribution is 2.29. The monoisotopic (exact) mass is 286 g/mol. The van der Waals surface area contributed by atoms with Crippen LogP contribution in [0.5, 0.6) is 0 Å². The van der Waals surface area contributed by atoms with Crippen LogP contribution in [0.4, 0.5) is 0 Å². The van der Waals surface area contributed by atoms with Gasteiger partial charge in [-0.15, -0.1) is 0 Å². The average molecular weight is 286 g/mol. The molecule has 0 saturated carbocycles. The van der Waals surface area contributed by atoms with Crippen LogP contribution >= 0.6 is 0 Å². The van der Waals surface area contributed by atoms with Gasteiger partial charge in [-0.25, -0.2) is 0 Å². The minimum atomic E-state index is -0.267. The number of likely N-dealkylation sites (tertiary alicyclic amines) is 1. The van der Waals surface area contributed by atoms with Crippen molar-refractivity contribution in [3.63, 3.8) is 0 Å². The molecule has 0 spiro atoms. The topological polar surface area (TPSA) is 55.1 Å². The van der Waals surface area contributed by atoms with Gasteiger partial charge < -0.3 is 9.42 Å². The summed E-state index contributed by atoms with van der Waals surface area (Å²) in [5.41, 5.74) is 0.877. The maximum Gasteiger partial charge on any atom is 0.227 e. The highest BCUT2D eigenvalue weighted by Gasteiger charge is 2.30. The summed E-state index contributed by atoms with van der Waals surface area (Å²) in [6.07, 6.45) is 5.69. The Morgan fingerprint density at radius 1 is 1.33 bits per heavy atom. The van der Waals surface area contributed by atoms with Crippen LogP contribution in [-0.4, -0.2) is 40.2 Å². The standard InChI is InChI=1S/C16H22N4O/c1-16(2,13-4-7-17-8-5-13)15-18-14(21-19-15)10-12-6-9-20(3)11-12/h4-5,7-8,12H,6,9-11H2,1-3H3. The molecule has 5 nitrogen and oxygen atoms in total. The van der Waals surface area contributed by atoms with E-state index in [2.05, 4.69) is 40.9 Å². The lowest BCUT2D eigenvalue weighted by molar-refractivity contribution is 0.337. The summed E-state index contributed by atoms with van der Waals surface area (Å²) in [6, 6.07) is 4.00. The van der Waals surface area contributed by atoms with E-state index in [1.807, 2.05) is 12.1 Å². The molecule has 5 heteroatoms. The molecule has 1 aliphatic heterocycles. The minimum absolute atomic E-state index is 0.267. The van der Waals surface area contributed by atoms with Crippen LogP contribution < -0.4 is 0 Å². The van der Waals surface area contributed by atoms with Gasteiger partial charge in [0.05, 0.1) is 5.41 Å². The normalized spacial score (nSPS) is 20.0. The third-order valence-corrected chi connectivity index (χ3v) is 4.38. The summed E-state index contributed by atoms with van der Waals surface area (Å²) in [5.74, 6) is 2.13. The maximum atomic E-state index is 5.47. The van der Waals surface area contributed by atoms with Gasteiger partial charge in [0, 0.05) is 25.4 Å². The van der Waals surface area contributed by atoms with Gasteiger partial charge in [-0.2, -0.15) is 4.98 Å². The van der Waals surface area contributed by atoms with E-state index in [-0.39, 0.29) is 5.41 Å². The molecular weight excluding hydrogens is 264 g/mol. The predicted octanol–water partition coefficient (Wildman–Crippen LogP) is 2.28. The lowest BCUT2D eigenvalue weighted by atomic mass is 9.84. The van der Waals surface area contributed by atoms with E-state index < -0.39 is 0 Å². The van der Waals surface area contributed by atoms with Gasteiger partial charge in [-0.3, -0.25) is 4.98 Å². The van der Waals surface area contributed by atoms with Crippen molar-refractivity contribution in [3.05, 3.63) is 41.8 Å². The largest absolute Gasteiger partial charge is 0.339 e. The number of nitrogens with zero attached hydrogens (tertiary/aromatic N) is 4. The van der Waals surface area contributed by atoms with Crippen molar-refractivity contribution in [2.24, 2.45) is 5.92 Å². The quantitative estimate of drug-likeness (QED) is 0.863. The Bertz CT molecular complexity index is 593. The van der Waals surface area contributed by atoms with Gasteiger partial charge in [0.15, 0.2) is 5.82 Å². The fourth-order valence-electron chi connectivity index (χ4n) is 2.93. The summed E-state index contributed by atoms with van der Waals surface area (Å²) in [5, 5.41) is 4.21. The molecule has 0 aromatic carbocycles. The first-order valence-corrected chi connectivity index (χ1v) is 7.48. The van der Waals surface area contributed by atoms with Crippen LogP contribution in [0.1, 0.15) is 37.5 Å². The summed E-state index contributed by atoms with van der Waals surface area (Å²) in [6.45, 7) is 6.50. The average Bonchev–Trinajstić information content (AvgIpc) is 3.10. The summed E-state index contributed by atoms with van der Waals surface area (Å²) in [7, 11) is 2.16. The number of hydrogen-bond donors (Lipinski definition) is 0. The molecule has 0 radical (unpaired) electrons. The Balaban J connectivity index is 1.75. The number of hydrogen-bond acceptors (Lipinski definition) is 5. The van der Waals surface area contributed by atoms with Crippen LogP contribution in [0.3, 0.4) is 0 Å². The second-order valence-corrected chi connectivity index (χ2v) is 6.49. The molecule has 0 amide bonds. The van der Waals surface area contributed by atoms with Crippen LogP contribution in [0.25, 0.3) is 0 Å². The molecule has 3 rings (SSSR count). The van der Waals surface area contributed by atoms with E-state index in [0.29, 0.717) is 5.92 Å². The predicted molar refractivity (Wildman–Crippen MR) is 80.0 cm³/mol. The van der Waals surface area contributed by atoms with E-state index in [0.717, 1.165) is 36.8 Å². The SMILES string of the molecule is CN1CCC(Cc2nc(C(C)(C)c3ccncc3)no2)C1. The molecule has 2 aromatic rings. The van der Waals surface area contributed by atoms with Crippen molar-refractivity contribution < 1.29 is 4.52 Å². The number of aromatic nitrogens is 3. The Morgan fingerprint density at radius 2 is 2.10 bits per heavy atom. The smallest absolute Gasteiger partial charge is 0.227 e. The van der Waals surface area contributed by atoms with Gasteiger partial charge in [0.25, 0.3) is 0 Å². The molecule has 3 heterocycles. The van der Waals surface area contributed by atoms with Crippen LogP contribution in [-0.2, 0) is 11.8 Å². The van der Waals surface area contributed by atoms with Crippen molar-refractivity contribution in [1.29, 1.82) is 0 Å². The van der Waals surface area contributed by atoms with Crippen molar-refractivity contribution in [3.8, 4) is 0 Å². The fraction of sp³-hybridized carbons (Fsp3) is 0.562. The Hall–Kier alpha value is -1.75. The first-order valence-electron chi connectivity index (χ1n) is 7.48. The van der Waals surface area contributed by atoms with Crippen LogP contribution in [0, 0.1) is 5.92 Å². The Labute approximate surface area is 125 Å². The highest BCUT2D eigenvalue weighted by atomic mass is 16.5. The third kappa shape index (κ3) is 2.97. The molecule has 0 bridgehead atoms. The van der Waals surface area contributed by atoms with Crippen molar-refractivity contribution in [1.82, 2.24) is 20.0 Å². The number of rotatable bonds is 4. The zero-order chi connectivity index (χ0) is 14.9. The zero-order valence-corrected chi connectivity index (χ0v) is 12.9. The van der Waals surface area contributed by atoms with Crippen LogP contribution in [0.2, 0.25) is 0 Å². The van der Waals surface area contributed by atoms with Gasteiger partial charge in [-0.05, 0) is 57.5 Å². The molecule has 21 heavy (non-hydrogen) atoms. The molecule has 112 valence electrons. The first kappa shape index (κ1) is 14.2. The molecule has 1 aliphatic rings. The summed E-state index contributed by atoms with van der Waals surface area (Å²) >= 11 is 0. The fourth-order valence-corrected chi connectivity index (χ4v) is 2.93. The molecule has 2 aromatic heterocycles. The van der Waals surface area contributed by atoms with Gasteiger partial charge in [0.1, 0.15) is 0 Å². The van der Waals surface area contributed by atoms with E-state index in [4.69, 9.17) is 4.52 Å². The molecule has 1 atom stereocenters. The van der Waals surface area contributed by atoms with Gasteiger partial charge in [-0.1, -0.05) is 5.16 Å². The second kappa shape index (κ2) is 5.56. The highest BCUT2D eigenvalue weighted by molar-refractivity contribution is 5.28. The third-order valence-electron chi connectivity index (χ3n) is 4.38. The van der Waals surface area contributed by atoms with E-state index in [9.17, 15) is 0 Å². The maximum absolute atomic E-state index is 5.47. The van der Waals surface area contributed by atoms with E-state index >= 15 is 0 Å². The molecule has 0 N–H and O–H groups in total. The Morgan fingerprint density at radius 3 is 2.76 bits per heavy atom. The summed E-state index contributed by atoms with van der Waals surface area (Å²) < 4.78 is 5.47.